The van der Waals surface area contributed by atoms with Crippen LogP contribution in [0.25, 0.3) is 0 Å². The fraction of sp³-hybridized carbons (Fsp3) is 0.333. The average Bonchev–Trinajstić information content (AvgIpc) is 2.81. The van der Waals surface area contributed by atoms with Gasteiger partial charge in [0.05, 0.1) is 18.0 Å². The van der Waals surface area contributed by atoms with E-state index in [1.165, 1.54) is 0 Å². The monoisotopic (exact) mass is 314 g/mol. The summed E-state index contributed by atoms with van der Waals surface area (Å²) in [6.07, 6.45) is -0.151. The molecule has 1 heterocycles. The lowest BCUT2D eigenvalue weighted by Crippen LogP contribution is -2.30. The highest BCUT2D eigenvalue weighted by Gasteiger charge is 2.21. The van der Waals surface area contributed by atoms with Crippen LogP contribution in [0.2, 0.25) is 0 Å². The number of nitrogens with zero attached hydrogens (tertiary/aromatic N) is 1. The van der Waals surface area contributed by atoms with Crippen LogP contribution in [-0.4, -0.2) is 21.6 Å². The molecule has 0 bridgehead atoms. The molecule has 1 aromatic heterocycles. The Morgan fingerprint density at radius 1 is 1.22 bits per heavy atom. The third kappa shape index (κ3) is 3.80. The summed E-state index contributed by atoms with van der Waals surface area (Å²) in [5, 5.41) is 12.0. The highest BCUT2D eigenvalue weighted by molar-refractivity contribution is 5.96. The summed E-state index contributed by atoms with van der Waals surface area (Å²) in [6, 6.07) is 10.5. The van der Waals surface area contributed by atoms with Crippen LogP contribution >= 0.6 is 0 Å². The Hall–Kier alpha value is -2.56. The Kier molecular flexibility index (Phi) is 5.21. The third-order valence-electron chi connectivity index (χ3n) is 4.02. The number of aryl methyl sites for hydroxylation is 1. The van der Waals surface area contributed by atoms with Gasteiger partial charge >= 0.3 is 5.97 Å². The quantitative estimate of drug-likeness (QED) is 0.861. The average molecular weight is 314 g/mol. The first kappa shape index (κ1) is 16.8. The maximum atomic E-state index is 12.6. The number of carbonyl (C=O) groups excluding carboxylic acids is 1. The predicted octanol–water partition coefficient (Wildman–Crippen LogP) is 3.07. The first-order valence-electron chi connectivity index (χ1n) is 7.68. The molecule has 0 radical (unpaired) electrons. The summed E-state index contributed by atoms with van der Waals surface area (Å²) in [4.78, 5) is 23.7. The molecule has 2 aromatic rings. The van der Waals surface area contributed by atoms with E-state index >= 15 is 0 Å². The van der Waals surface area contributed by atoms with E-state index in [2.05, 4.69) is 9.88 Å². The standard InChI is InChI=1S/C18H22N2O3/c1-4-20-12(2)10-15(13(20)3)18(23)19-16(11-17(21)22)14-8-6-5-7-9-14/h5-10,16H,4,11H2,1-3H3,(H,19,23)(H,21,22). The van der Waals surface area contributed by atoms with Crippen molar-refractivity contribution in [3.8, 4) is 0 Å². The third-order valence-corrected chi connectivity index (χ3v) is 4.02. The number of benzene rings is 1. The second-order valence-corrected chi connectivity index (χ2v) is 5.56. The fourth-order valence-corrected chi connectivity index (χ4v) is 2.87. The molecule has 122 valence electrons. The zero-order valence-electron chi connectivity index (χ0n) is 13.7. The highest BCUT2D eigenvalue weighted by atomic mass is 16.4. The second kappa shape index (κ2) is 7.13. The topological polar surface area (TPSA) is 71.3 Å². The molecule has 1 aromatic carbocycles. The summed E-state index contributed by atoms with van der Waals surface area (Å²) in [6.45, 7) is 6.68. The Morgan fingerprint density at radius 2 is 1.87 bits per heavy atom. The summed E-state index contributed by atoms with van der Waals surface area (Å²) >= 11 is 0. The van der Waals surface area contributed by atoms with Crippen LogP contribution in [0, 0.1) is 13.8 Å². The van der Waals surface area contributed by atoms with Crippen molar-refractivity contribution in [1.29, 1.82) is 0 Å². The Morgan fingerprint density at radius 3 is 2.39 bits per heavy atom. The van der Waals surface area contributed by atoms with Gasteiger partial charge in [-0.2, -0.15) is 0 Å². The molecule has 0 fully saturated rings. The number of aromatic nitrogens is 1. The fourth-order valence-electron chi connectivity index (χ4n) is 2.87. The van der Waals surface area contributed by atoms with Crippen molar-refractivity contribution < 1.29 is 14.7 Å². The van der Waals surface area contributed by atoms with Gasteiger partial charge in [-0.1, -0.05) is 30.3 Å². The Balaban J connectivity index is 2.26. The van der Waals surface area contributed by atoms with Crippen LogP contribution in [0.15, 0.2) is 36.4 Å². The lowest BCUT2D eigenvalue weighted by Gasteiger charge is -2.17. The van der Waals surface area contributed by atoms with E-state index in [4.69, 9.17) is 5.11 Å². The van der Waals surface area contributed by atoms with Gasteiger partial charge in [0, 0.05) is 17.9 Å². The molecule has 0 saturated heterocycles. The minimum Gasteiger partial charge on any atom is -0.481 e. The van der Waals surface area contributed by atoms with Crippen LogP contribution in [0.4, 0.5) is 0 Å². The van der Waals surface area contributed by atoms with E-state index in [1.807, 2.05) is 57.2 Å². The number of hydrogen-bond donors (Lipinski definition) is 2. The molecule has 0 aliphatic carbocycles. The molecule has 0 aliphatic heterocycles. The zero-order chi connectivity index (χ0) is 17.0. The van der Waals surface area contributed by atoms with Crippen LogP contribution in [0.3, 0.4) is 0 Å². The summed E-state index contributed by atoms with van der Waals surface area (Å²) in [5.74, 6) is -1.19. The minimum atomic E-state index is -0.946. The van der Waals surface area contributed by atoms with E-state index in [9.17, 15) is 9.59 Å². The molecule has 5 heteroatoms. The second-order valence-electron chi connectivity index (χ2n) is 5.56. The van der Waals surface area contributed by atoms with Crippen molar-refractivity contribution in [2.24, 2.45) is 0 Å². The smallest absolute Gasteiger partial charge is 0.305 e. The number of aliphatic carboxylic acids is 1. The highest BCUT2D eigenvalue weighted by Crippen LogP contribution is 2.20. The van der Waals surface area contributed by atoms with Crippen molar-refractivity contribution >= 4 is 11.9 Å². The molecule has 23 heavy (non-hydrogen) atoms. The summed E-state index contributed by atoms with van der Waals surface area (Å²) in [7, 11) is 0. The largest absolute Gasteiger partial charge is 0.481 e. The first-order valence-corrected chi connectivity index (χ1v) is 7.68. The zero-order valence-corrected chi connectivity index (χ0v) is 13.7. The molecule has 1 amide bonds. The van der Waals surface area contributed by atoms with Crippen molar-refractivity contribution in [2.75, 3.05) is 0 Å². The van der Waals surface area contributed by atoms with E-state index < -0.39 is 12.0 Å². The van der Waals surface area contributed by atoms with Crippen molar-refractivity contribution in [2.45, 2.75) is 39.8 Å². The van der Waals surface area contributed by atoms with Crippen molar-refractivity contribution in [3.63, 3.8) is 0 Å². The van der Waals surface area contributed by atoms with Crippen LogP contribution in [-0.2, 0) is 11.3 Å². The maximum Gasteiger partial charge on any atom is 0.305 e. The normalized spacial score (nSPS) is 12.0. The van der Waals surface area contributed by atoms with Gasteiger partial charge in [0.2, 0.25) is 0 Å². The van der Waals surface area contributed by atoms with Gasteiger partial charge in [0.25, 0.3) is 5.91 Å². The maximum absolute atomic E-state index is 12.6. The van der Waals surface area contributed by atoms with Crippen molar-refractivity contribution in [3.05, 3.63) is 58.9 Å². The first-order chi connectivity index (χ1) is 10.9. The number of rotatable bonds is 6. The van der Waals surface area contributed by atoms with Crippen molar-refractivity contribution in [1.82, 2.24) is 9.88 Å². The van der Waals surface area contributed by atoms with E-state index in [-0.39, 0.29) is 12.3 Å². The number of carboxylic acid groups (broad SMARTS) is 1. The molecule has 2 rings (SSSR count). The van der Waals surface area contributed by atoms with Gasteiger partial charge < -0.3 is 15.0 Å². The SMILES string of the molecule is CCn1c(C)cc(C(=O)NC(CC(=O)O)c2ccccc2)c1C. The van der Waals surface area contributed by atoms with Gasteiger partial charge in [-0.25, -0.2) is 0 Å². The number of hydrogen-bond acceptors (Lipinski definition) is 2. The molecular formula is C18H22N2O3. The van der Waals surface area contributed by atoms with Gasteiger partial charge in [-0.05, 0) is 32.4 Å². The van der Waals surface area contributed by atoms with Gasteiger partial charge in [-0.15, -0.1) is 0 Å². The molecule has 1 atom stereocenters. The molecule has 2 N–H and O–H groups in total. The van der Waals surface area contributed by atoms with E-state index in [0.717, 1.165) is 23.5 Å². The number of amides is 1. The summed E-state index contributed by atoms with van der Waals surface area (Å²) in [5.41, 5.74) is 3.29. The number of carbonyl (C=O) groups is 2. The Labute approximate surface area is 135 Å². The van der Waals surface area contributed by atoms with Crippen LogP contribution in [0.1, 0.15) is 46.7 Å². The molecule has 5 nitrogen and oxygen atoms in total. The van der Waals surface area contributed by atoms with Gasteiger partial charge in [0.1, 0.15) is 0 Å². The van der Waals surface area contributed by atoms with Crippen LogP contribution in [0.5, 0.6) is 0 Å². The summed E-state index contributed by atoms with van der Waals surface area (Å²) < 4.78 is 2.06. The molecular weight excluding hydrogens is 292 g/mol. The Bertz CT molecular complexity index is 705. The molecule has 0 spiro atoms. The molecule has 1 unspecified atom stereocenters. The van der Waals surface area contributed by atoms with Gasteiger partial charge in [-0.3, -0.25) is 9.59 Å². The number of nitrogens with one attached hydrogen (secondary N) is 1. The predicted molar refractivity (Wildman–Crippen MR) is 88.5 cm³/mol. The lowest BCUT2D eigenvalue weighted by atomic mass is 10.0. The molecule has 0 saturated carbocycles. The number of carboxylic acids is 1. The lowest BCUT2D eigenvalue weighted by molar-refractivity contribution is -0.137. The van der Waals surface area contributed by atoms with Crippen LogP contribution < -0.4 is 5.32 Å². The van der Waals surface area contributed by atoms with Gasteiger partial charge in [0.15, 0.2) is 0 Å². The van der Waals surface area contributed by atoms with E-state index in [1.54, 1.807) is 0 Å². The minimum absolute atomic E-state index is 0.151. The molecule has 0 aliphatic rings. The van der Waals surface area contributed by atoms with E-state index in [0.29, 0.717) is 5.56 Å².